The van der Waals surface area contributed by atoms with Crippen molar-refractivity contribution in [3.8, 4) is 0 Å². The van der Waals surface area contributed by atoms with E-state index in [2.05, 4.69) is 17.4 Å². The second kappa shape index (κ2) is 4.45. The van der Waals surface area contributed by atoms with Crippen LogP contribution in [-0.2, 0) is 16.1 Å². The molecule has 0 radical (unpaired) electrons. The summed E-state index contributed by atoms with van der Waals surface area (Å²) in [5, 5.41) is 2.19. The molecule has 0 aliphatic carbocycles. The normalized spacial score (nSPS) is 25.3. The summed E-state index contributed by atoms with van der Waals surface area (Å²) in [5.74, 6) is -0.0724. The van der Waals surface area contributed by atoms with Crippen LogP contribution in [0.5, 0.6) is 0 Å². The maximum absolute atomic E-state index is 11.0. The average Bonchev–Trinajstić information content (AvgIpc) is 2.56. The average molecular weight is 206 g/mol. The fraction of sp³-hybridized carbons (Fsp3) is 0.417. The van der Waals surface area contributed by atoms with E-state index in [1.807, 2.05) is 25.1 Å². The summed E-state index contributed by atoms with van der Waals surface area (Å²) in [4.78, 5) is 11.0. The Hall–Kier alpha value is -1.35. The van der Waals surface area contributed by atoms with Gasteiger partial charge in [0.15, 0.2) is 6.10 Å². The molecule has 15 heavy (non-hydrogen) atoms. The summed E-state index contributed by atoms with van der Waals surface area (Å²) in [7, 11) is 0. The quantitative estimate of drug-likeness (QED) is 0.730. The Morgan fingerprint density at radius 3 is 2.73 bits per heavy atom. The Labute approximate surface area is 89.4 Å². The Bertz CT molecular complexity index is 337. The van der Waals surface area contributed by atoms with E-state index in [-0.39, 0.29) is 18.1 Å². The van der Waals surface area contributed by atoms with E-state index < -0.39 is 0 Å². The van der Waals surface area contributed by atoms with E-state index in [1.54, 1.807) is 0 Å². The van der Waals surface area contributed by atoms with E-state index in [4.69, 9.17) is 4.74 Å². The van der Waals surface area contributed by atoms with Crippen molar-refractivity contribution >= 4 is 5.97 Å². The third kappa shape index (κ3) is 2.57. The van der Waals surface area contributed by atoms with Crippen LogP contribution in [0.4, 0.5) is 0 Å². The van der Waals surface area contributed by atoms with Gasteiger partial charge in [0.1, 0.15) is 19.0 Å². The molecule has 1 heterocycles. The van der Waals surface area contributed by atoms with Crippen molar-refractivity contribution in [3.63, 3.8) is 0 Å². The highest BCUT2D eigenvalue weighted by Crippen LogP contribution is 2.10. The van der Waals surface area contributed by atoms with Gasteiger partial charge in [-0.1, -0.05) is 30.3 Å². The first kappa shape index (κ1) is 10.2. The van der Waals surface area contributed by atoms with Crippen LogP contribution in [-0.4, -0.2) is 18.1 Å². The number of hydrogen-bond donors (Lipinski definition) is 1. The van der Waals surface area contributed by atoms with E-state index in [0.717, 1.165) is 6.54 Å². The number of rotatable bonds is 3. The van der Waals surface area contributed by atoms with Crippen LogP contribution in [0, 0.1) is 0 Å². The molecule has 1 saturated heterocycles. The second-order valence-corrected chi connectivity index (χ2v) is 3.99. The van der Waals surface area contributed by atoms with Gasteiger partial charge in [-0.15, -0.1) is 0 Å². The van der Waals surface area contributed by atoms with E-state index in [1.165, 1.54) is 5.56 Å². The first-order valence-electron chi connectivity index (χ1n) is 5.32. The zero-order valence-corrected chi connectivity index (χ0v) is 8.85. The van der Waals surface area contributed by atoms with Crippen molar-refractivity contribution in [2.45, 2.75) is 32.0 Å². The van der Waals surface area contributed by atoms with Crippen LogP contribution in [0.3, 0.4) is 0 Å². The predicted octanol–water partition coefficient (Wildman–Crippen LogP) is 0.454. The van der Waals surface area contributed by atoms with Crippen molar-refractivity contribution in [1.29, 1.82) is 0 Å². The van der Waals surface area contributed by atoms with Crippen LogP contribution in [0.1, 0.15) is 18.9 Å². The van der Waals surface area contributed by atoms with Crippen LogP contribution >= 0.6 is 0 Å². The topological polar surface area (TPSA) is 42.9 Å². The Balaban J connectivity index is 1.86. The van der Waals surface area contributed by atoms with Gasteiger partial charge >= 0.3 is 5.97 Å². The van der Waals surface area contributed by atoms with Gasteiger partial charge in [-0.25, -0.2) is 0 Å². The van der Waals surface area contributed by atoms with Gasteiger partial charge in [0.05, 0.1) is 0 Å². The minimum atomic E-state index is -0.0724. The van der Waals surface area contributed by atoms with Gasteiger partial charge < -0.3 is 10.1 Å². The summed E-state index contributed by atoms with van der Waals surface area (Å²) in [6.45, 7) is 2.86. The van der Waals surface area contributed by atoms with Gasteiger partial charge in [0.25, 0.3) is 0 Å². The van der Waals surface area contributed by atoms with Crippen LogP contribution < -0.4 is 5.32 Å². The molecule has 2 rings (SSSR count). The highest BCUT2D eigenvalue weighted by Gasteiger charge is 2.33. The van der Waals surface area contributed by atoms with Crippen molar-refractivity contribution < 1.29 is 14.8 Å². The maximum atomic E-state index is 11.0. The van der Waals surface area contributed by atoms with Crippen LogP contribution in [0.25, 0.3) is 0 Å². The minimum absolute atomic E-state index is 0.0428. The zero-order valence-electron chi connectivity index (χ0n) is 8.85. The lowest BCUT2D eigenvalue weighted by atomic mass is 10.1. The number of nitrogens with two attached hydrogens (primary N) is 1. The fourth-order valence-corrected chi connectivity index (χ4v) is 1.88. The molecular formula is C12H16NO2+. The molecule has 0 saturated carbocycles. The summed E-state index contributed by atoms with van der Waals surface area (Å²) in [5.41, 5.74) is 1.28. The SMILES string of the molecule is CC1OC(=O)CC1[NH2+]Cc1ccccc1. The first-order valence-corrected chi connectivity index (χ1v) is 5.32. The molecule has 0 amide bonds. The number of esters is 1. The number of cyclic esters (lactones) is 1. The van der Waals surface area contributed by atoms with Crippen LogP contribution in [0.2, 0.25) is 0 Å². The number of ether oxygens (including phenoxy) is 1. The van der Waals surface area contributed by atoms with Gasteiger partial charge in [0.2, 0.25) is 0 Å². The standard InChI is InChI=1S/C12H15NO2/c1-9-11(7-12(14)15-9)13-8-10-5-3-2-4-6-10/h2-6,9,11,13H,7-8H2,1H3/p+1. The van der Waals surface area contributed by atoms with Gasteiger partial charge in [0, 0.05) is 5.56 Å². The Morgan fingerprint density at radius 1 is 1.40 bits per heavy atom. The molecule has 1 aromatic rings. The second-order valence-electron chi connectivity index (χ2n) is 3.99. The molecule has 3 heteroatoms. The number of carbonyl (C=O) groups excluding carboxylic acids is 1. The fourth-order valence-electron chi connectivity index (χ4n) is 1.88. The molecule has 1 aliphatic rings. The van der Waals surface area contributed by atoms with Crippen LogP contribution in [0.15, 0.2) is 30.3 Å². The zero-order chi connectivity index (χ0) is 10.7. The van der Waals surface area contributed by atoms with Crippen molar-refractivity contribution in [2.75, 3.05) is 0 Å². The Morgan fingerprint density at radius 2 is 2.13 bits per heavy atom. The van der Waals surface area contributed by atoms with Gasteiger partial charge in [-0.2, -0.15) is 0 Å². The van der Waals surface area contributed by atoms with E-state index in [9.17, 15) is 4.79 Å². The lowest BCUT2D eigenvalue weighted by Crippen LogP contribution is -2.90. The molecular weight excluding hydrogens is 190 g/mol. The van der Waals surface area contributed by atoms with Gasteiger partial charge in [-0.05, 0) is 6.92 Å². The molecule has 2 unspecified atom stereocenters. The third-order valence-electron chi connectivity index (χ3n) is 2.82. The lowest BCUT2D eigenvalue weighted by Gasteiger charge is -2.11. The Kier molecular flexibility index (Phi) is 3.02. The highest BCUT2D eigenvalue weighted by atomic mass is 16.5. The van der Waals surface area contributed by atoms with Crippen molar-refractivity contribution in [2.24, 2.45) is 0 Å². The van der Waals surface area contributed by atoms with E-state index >= 15 is 0 Å². The molecule has 0 bridgehead atoms. The number of quaternary nitrogens is 1. The monoisotopic (exact) mass is 206 g/mol. The largest absolute Gasteiger partial charge is 0.456 e. The van der Waals surface area contributed by atoms with Crippen molar-refractivity contribution in [3.05, 3.63) is 35.9 Å². The molecule has 0 spiro atoms. The summed E-state index contributed by atoms with van der Waals surface area (Å²) < 4.78 is 5.09. The first-order chi connectivity index (χ1) is 7.25. The summed E-state index contributed by atoms with van der Waals surface area (Å²) >= 11 is 0. The number of benzene rings is 1. The molecule has 2 N–H and O–H groups in total. The molecule has 1 aliphatic heterocycles. The number of hydrogen-bond acceptors (Lipinski definition) is 2. The van der Waals surface area contributed by atoms with E-state index in [0.29, 0.717) is 6.42 Å². The molecule has 0 aromatic heterocycles. The molecule has 2 atom stereocenters. The van der Waals surface area contributed by atoms with Crippen molar-refractivity contribution in [1.82, 2.24) is 0 Å². The third-order valence-corrected chi connectivity index (χ3v) is 2.82. The summed E-state index contributed by atoms with van der Waals surface area (Å²) in [6.07, 6.45) is 0.579. The maximum Gasteiger partial charge on any atom is 0.312 e. The summed E-state index contributed by atoms with van der Waals surface area (Å²) in [6, 6.07) is 10.5. The molecule has 1 fully saturated rings. The van der Waals surface area contributed by atoms with Gasteiger partial charge in [-0.3, -0.25) is 4.79 Å². The molecule has 3 nitrogen and oxygen atoms in total. The molecule has 1 aromatic carbocycles. The minimum Gasteiger partial charge on any atom is -0.456 e. The predicted molar refractivity (Wildman–Crippen MR) is 56.0 cm³/mol. The smallest absolute Gasteiger partial charge is 0.312 e. The number of carbonyl (C=O) groups is 1. The lowest BCUT2D eigenvalue weighted by molar-refractivity contribution is -0.706. The molecule has 80 valence electrons. The highest BCUT2D eigenvalue weighted by molar-refractivity contribution is 5.72.